The Morgan fingerprint density at radius 2 is 1.93 bits per heavy atom. The van der Waals surface area contributed by atoms with E-state index < -0.39 is 23.5 Å². The van der Waals surface area contributed by atoms with Gasteiger partial charge in [0.05, 0.1) is 0 Å². The minimum Gasteiger partial charge on any atom is -0.480 e. The quantitative estimate of drug-likeness (QED) is 0.445. The van der Waals surface area contributed by atoms with Crippen LogP contribution in [0.4, 0.5) is 0 Å². The van der Waals surface area contributed by atoms with Crippen LogP contribution >= 0.6 is 0 Å². The molecule has 86 valence electrons. The fourth-order valence-electron chi connectivity index (χ4n) is 1.07. The van der Waals surface area contributed by atoms with Crippen LogP contribution < -0.4 is 11.5 Å². The molecule has 0 unspecified atom stereocenters. The highest BCUT2D eigenvalue weighted by molar-refractivity contribution is 5.78. The van der Waals surface area contributed by atoms with E-state index in [9.17, 15) is 9.59 Å². The van der Waals surface area contributed by atoms with Crippen molar-refractivity contribution < 1.29 is 19.8 Å². The molecule has 0 spiro atoms. The van der Waals surface area contributed by atoms with E-state index in [2.05, 4.69) is 6.58 Å². The number of carboxylic acids is 2. The van der Waals surface area contributed by atoms with Gasteiger partial charge < -0.3 is 21.7 Å². The third-order valence-corrected chi connectivity index (χ3v) is 1.93. The van der Waals surface area contributed by atoms with Gasteiger partial charge in [-0.05, 0) is 19.8 Å². The molecule has 6 heteroatoms. The van der Waals surface area contributed by atoms with Crippen LogP contribution in [0.25, 0.3) is 0 Å². The smallest absolute Gasteiger partial charge is 0.323 e. The van der Waals surface area contributed by atoms with Crippen LogP contribution in [0.15, 0.2) is 12.2 Å². The van der Waals surface area contributed by atoms with E-state index in [-0.39, 0.29) is 12.8 Å². The van der Waals surface area contributed by atoms with Gasteiger partial charge in [0.15, 0.2) is 0 Å². The molecule has 15 heavy (non-hydrogen) atoms. The Bertz CT molecular complexity index is 286. The third kappa shape index (κ3) is 4.57. The zero-order valence-electron chi connectivity index (χ0n) is 8.56. The maximum atomic E-state index is 10.7. The molecule has 0 amide bonds. The Kier molecular flexibility index (Phi) is 4.44. The van der Waals surface area contributed by atoms with Gasteiger partial charge >= 0.3 is 11.9 Å². The van der Waals surface area contributed by atoms with Gasteiger partial charge in [-0.2, -0.15) is 0 Å². The van der Waals surface area contributed by atoms with Gasteiger partial charge in [-0.25, -0.2) is 0 Å². The molecule has 0 aliphatic carbocycles. The molecule has 0 saturated carbocycles. The highest BCUT2D eigenvalue weighted by Crippen LogP contribution is 2.16. The zero-order valence-corrected chi connectivity index (χ0v) is 8.56. The van der Waals surface area contributed by atoms with E-state index in [0.717, 1.165) is 0 Å². The molecule has 2 atom stereocenters. The molecule has 0 aromatic rings. The molecule has 0 bridgehead atoms. The van der Waals surface area contributed by atoms with Crippen molar-refractivity contribution in [2.45, 2.75) is 31.3 Å². The van der Waals surface area contributed by atoms with Crippen LogP contribution in [0, 0.1) is 0 Å². The summed E-state index contributed by atoms with van der Waals surface area (Å²) < 4.78 is 0. The van der Waals surface area contributed by atoms with Crippen molar-refractivity contribution in [2.24, 2.45) is 11.5 Å². The van der Waals surface area contributed by atoms with Crippen molar-refractivity contribution in [3.63, 3.8) is 0 Å². The monoisotopic (exact) mass is 216 g/mol. The average Bonchev–Trinajstić information content (AvgIpc) is 2.01. The maximum Gasteiger partial charge on any atom is 0.323 e. The number of carboxylic acid groups (broad SMARTS) is 2. The van der Waals surface area contributed by atoms with Crippen LogP contribution in [0.1, 0.15) is 19.8 Å². The number of nitrogens with two attached hydrogens (primary N) is 2. The molecule has 0 rings (SSSR count). The second kappa shape index (κ2) is 4.90. The maximum absolute atomic E-state index is 10.7. The molecular weight excluding hydrogens is 200 g/mol. The Balaban J connectivity index is 4.27. The lowest BCUT2D eigenvalue weighted by Gasteiger charge is -2.21. The Hall–Kier alpha value is -1.40. The number of carbonyl (C=O) groups is 2. The molecule has 6 nitrogen and oxygen atoms in total. The van der Waals surface area contributed by atoms with Crippen LogP contribution in [0.2, 0.25) is 0 Å². The summed E-state index contributed by atoms with van der Waals surface area (Å²) in [6, 6.07) is -1.07. The normalized spacial score (nSPS) is 16.5. The minimum absolute atomic E-state index is 0.00329. The van der Waals surface area contributed by atoms with Gasteiger partial charge in [0.2, 0.25) is 0 Å². The average molecular weight is 216 g/mol. The third-order valence-electron chi connectivity index (χ3n) is 1.93. The first-order valence-electron chi connectivity index (χ1n) is 4.34. The molecular formula is C9H16N2O4. The van der Waals surface area contributed by atoms with Crippen molar-refractivity contribution in [3.8, 4) is 0 Å². The number of hydrogen-bond donors (Lipinski definition) is 4. The first-order chi connectivity index (χ1) is 6.66. The van der Waals surface area contributed by atoms with Gasteiger partial charge in [0.1, 0.15) is 11.6 Å². The zero-order chi connectivity index (χ0) is 12.2. The van der Waals surface area contributed by atoms with E-state index in [1.165, 1.54) is 6.92 Å². The second-order valence-electron chi connectivity index (χ2n) is 3.80. The second-order valence-corrected chi connectivity index (χ2v) is 3.80. The lowest BCUT2D eigenvalue weighted by Crippen LogP contribution is -2.45. The van der Waals surface area contributed by atoms with E-state index in [1.54, 1.807) is 0 Å². The predicted molar refractivity (Wildman–Crippen MR) is 54.2 cm³/mol. The molecule has 0 radical (unpaired) electrons. The van der Waals surface area contributed by atoms with Gasteiger partial charge in [0, 0.05) is 0 Å². The van der Waals surface area contributed by atoms with Crippen molar-refractivity contribution in [1.29, 1.82) is 0 Å². The first-order valence-corrected chi connectivity index (χ1v) is 4.34. The first kappa shape index (κ1) is 13.6. The predicted octanol–water partition coefficient (Wildman–Crippen LogP) is -0.463. The van der Waals surface area contributed by atoms with E-state index in [0.29, 0.717) is 5.57 Å². The summed E-state index contributed by atoms with van der Waals surface area (Å²) in [7, 11) is 0. The molecule has 0 saturated heterocycles. The van der Waals surface area contributed by atoms with Crippen molar-refractivity contribution in [1.82, 2.24) is 0 Å². The molecule has 0 fully saturated rings. The summed E-state index contributed by atoms with van der Waals surface area (Å²) in [5.74, 6) is -2.31. The van der Waals surface area contributed by atoms with E-state index in [4.69, 9.17) is 21.7 Å². The summed E-state index contributed by atoms with van der Waals surface area (Å²) in [5.41, 5.74) is 9.71. The SMILES string of the molecule is C=C(C[C@H](N)C(=O)O)C[C@](C)(N)C(=O)O. The van der Waals surface area contributed by atoms with Crippen molar-refractivity contribution in [3.05, 3.63) is 12.2 Å². The van der Waals surface area contributed by atoms with Crippen LogP contribution in [0.5, 0.6) is 0 Å². The minimum atomic E-state index is -1.44. The highest BCUT2D eigenvalue weighted by atomic mass is 16.4. The standard InChI is InChI=1S/C9H16N2O4/c1-5(3-6(10)7(12)13)4-9(2,11)8(14)15/h6H,1,3-4,10-11H2,2H3,(H,12,13)(H,14,15)/t6-,9-/m0/s1. The van der Waals surface area contributed by atoms with Crippen LogP contribution in [-0.4, -0.2) is 33.7 Å². The van der Waals surface area contributed by atoms with Gasteiger partial charge in [-0.3, -0.25) is 9.59 Å². The topological polar surface area (TPSA) is 127 Å². The summed E-state index contributed by atoms with van der Waals surface area (Å²) >= 11 is 0. The lowest BCUT2D eigenvalue weighted by atomic mass is 9.92. The Labute approximate surface area is 87.6 Å². The van der Waals surface area contributed by atoms with E-state index >= 15 is 0 Å². The van der Waals surface area contributed by atoms with Gasteiger partial charge in [-0.1, -0.05) is 12.2 Å². The Morgan fingerprint density at radius 3 is 2.27 bits per heavy atom. The molecule has 0 aliphatic rings. The molecule has 0 heterocycles. The van der Waals surface area contributed by atoms with Crippen LogP contribution in [-0.2, 0) is 9.59 Å². The summed E-state index contributed by atoms with van der Waals surface area (Å²) in [6.07, 6.45) is 0.0265. The molecule has 6 N–H and O–H groups in total. The number of hydrogen-bond acceptors (Lipinski definition) is 4. The largest absolute Gasteiger partial charge is 0.480 e. The van der Waals surface area contributed by atoms with E-state index in [1.807, 2.05) is 0 Å². The summed E-state index contributed by atoms with van der Waals surface area (Å²) in [5, 5.41) is 17.2. The molecule has 0 aliphatic heterocycles. The van der Waals surface area contributed by atoms with Crippen molar-refractivity contribution in [2.75, 3.05) is 0 Å². The number of aliphatic carboxylic acids is 2. The van der Waals surface area contributed by atoms with Gasteiger partial charge in [-0.15, -0.1) is 0 Å². The molecule has 0 aromatic heterocycles. The Morgan fingerprint density at radius 1 is 1.47 bits per heavy atom. The highest BCUT2D eigenvalue weighted by Gasteiger charge is 2.29. The fourth-order valence-corrected chi connectivity index (χ4v) is 1.07. The van der Waals surface area contributed by atoms with Gasteiger partial charge in [0.25, 0.3) is 0 Å². The molecule has 0 aromatic carbocycles. The fraction of sp³-hybridized carbons (Fsp3) is 0.556. The lowest BCUT2D eigenvalue weighted by molar-refractivity contribution is -0.142. The summed E-state index contributed by atoms with van der Waals surface area (Å²) in [6.45, 7) is 4.90. The summed E-state index contributed by atoms with van der Waals surface area (Å²) in [4.78, 5) is 21.1. The number of rotatable bonds is 6. The van der Waals surface area contributed by atoms with Crippen LogP contribution in [0.3, 0.4) is 0 Å². The van der Waals surface area contributed by atoms with Crippen molar-refractivity contribution >= 4 is 11.9 Å².